The van der Waals surface area contributed by atoms with E-state index >= 15 is 0 Å². The van der Waals surface area contributed by atoms with Gasteiger partial charge in [-0.2, -0.15) is 0 Å². The first-order valence-corrected chi connectivity index (χ1v) is 7.97. The molecule has 2 N–H and O–H groups in total. The summed E-state index contributed by atoms with van der Waals surface area (Å²) < 4.78 is 10.8. The summed E-state index contributed by atoms with van der Waals surface area (Å²) in [6.07, 6.45) is 2.78. The number of nitrogens with one attached hydrogen (secondary N) is 2. The van der Waals surface area contributed by atoms with E-state index in [4.69, 9.17) is 9.47 Å². The third-order valence-electron chi connectivity index (χ3n) is 3.48. The van der Waals surface area contributed by atoms with Crippen LogP contribution in [0.15, 0.2) is 4.99 Å². The second-order valence-corrected chi connectivity index (χ2v) is 5.64. The number of aliphatic imine (C=N–C) groups is 1. The third-order valence-corrected chi connectivity index (χ3v) is 3.48. The SMILES string of the molecule is CN=C(NCCCOC)NCCCN1CC(C)OC(C)C1.I. The number of nitrogens with zero attached hydrogens (tertiary/aromatic N) is 2. The second-order valence-electron chi connectivity index (χ2n) is 5.64. The van der Waals surface area contributed by atoms with Gasteiger partial charge in [0.2, 0.25) is 0 Å². The quantitative estimate of drug-likeness (QED) is 0.264. The molecule has 0 aromatic carbocycles. The number of methoxy groups -OCH3 is 1. The van der Waals surface area contributed by atoms with Crippen LogP contribution >= 0.6 is 24.0 Å². The Balaban J connectivity index is 0.00000441. The van der Waals surface area contributed by atoms with Gasteiger partial charge in [0.1, 0.15) is 0 Å². The number of hydrogen-bond donors (Lipinski definition) is 2. The first-order valence-electron chi connectivity index (χ1n) is 7.97. The monoisotopic (exact) mass is 428 g/mol. The molecule has 0 spiro atoms. The largest absolute Gasteiger partial charge is 0.385 e. The van der Waals surface area contributed by atoms with Crippen molar-refractivity contribution in [2.75, 3.05) is 53.5 Å². The summed E-state index contributed by atoms with van der Waals surface area (Å²) >= 11 is 0. The fraction of sp³-hybridized carbons (Fsp3) is 0.933. The summed E-state index contributed by atoms with van der Waals surface area (Å²) in [6, 6.07) is 0. The molecule has 132 valence electrons. The molecule has 2 unspecified atom stereocenters. The summed E-state index contributed by atoms with van der Waals surface area (Å²) in [6.45, 7) is 10.1. The van der Waals surface area contributed by atoms with Gasteiger partial charge in [0.25, 0.3) is 0 Å². The topological polar surface area (TPSA) is 58.1 Å². The highest BCUT2D eigenvalue weighted by atomic mass is 127. The molecule has 0 aliphatic carbocycles. The normalized spacial score (nSPS) is 23.0. The van der Waals surface area contributed by atoms with Crippen molar-refractivity contribution in [3.63, 3.8) is 0 Å². The average Bonchev–Trinajstić information content (AvgIpc) is 2.44. The van der Waals surface area contributed by atoms with Crippen molar-refractivity contribution < 1.29 is 9.47 Å². The predicted molar refractivity (Wildman–Crippen MR) is 102 cm³/mol. The zero-order valence-electron chi connectivity index (χ0n) is 14.4. The molecule has 0 aromatic rings. The molecule has 1 heterocycles. The van der Waals surface area contributed by atoms with Crippen molar-refractivity contribution in [1.29, 1.82) is 0 Å². The highest BCUT2D eigenvalue weighted by Crippen LogP contribution is 2.10. The highest BCUT2D eigenvalue weighted by Gasteiger charge is 2.21. The fourth-order valence-corrected chi connectivity index (χ4v) is 2.62. The van der Waals surface area contributed by atoms with Gasteiger partial charge in [-0.3, -0.25) is 9.89 Å². The number of ether oxygens (including phenoxy) is 2. The molecule has 1 saturated heterocycles. The number of rotatable bonds is 8. The summed E-state index contributed by atoms with van der Waals surface area (Å²) in [4.78, 5) is 6.70. The standard InChI is InChI=1S/C15H32N4O2.HI/c1-13-11-19(12-14(2)21-13)9-5-7-17-15(16-3)18-8-6-10-20-4;/h13-14H,5-12H2,1-4H3,(H2,16,17,18);1H. The molecule has 6 nitrogen and oxygen atoms in total. The van der Waals surface area contributed by atoms with Crippen molar-refractivity contribution in [1.82, 2.24) is 15.5 Å². The van der Waals surface area contributed by atoms with Crippen LogP contribution in [0.1, 0.15) is 26.7 Å². The van der Waals surface area contributed by atoms with Crippen LogP contribution in [0.3, 0.4) is 0 Å². The molecule has 0 saturated carbocycles. The van der Waals surface area contributed by atoms with E-state index in [-0.39, 0.29) is 24.0 Å². The molecular weight excluding hydrogens is 395 g/mol. The molecule has 1 fully saturated rings. The van der Waals surface area contributed by atoms with Gasteiger partial charge in [-0.1, -0.05) is 0 Å². The Hall–Kier alpha value is -0.120. The van der Waals surface area contributed by atoms with E-state index in [2.05, 4.69) is 34.4 Å². The van der Waals surface area contributed by atoms with E-state index in [1.54, 1.807) is 14.2 Å². The van der Waals surface area contributed by atoms with E-state index in [1.165, 1.54) is 0 Å². The van der Waals surface area contributed by atoms with E-state index < -0.39 is 0 Å². The lowest BCUT2D eigenvalue weighted by Gasteiger charge is -2.35. The van der Waals surface area contributed by atoms with Gasteiger partial charge in [0.15, 0.2) is 5.96 Å². The van der Waals surface area contributed by atoms with Crippen LogP contribution in [0.4, 0.5) is 0 Å². The molecule has 22 heavy (non-hydrogen) atoms. The Morgan fingerprint density at radius 1 is 1.18 bits per heavy atom. The van der Waals surface area contributed by atoms with Crippen LogP contribution in [0.5, 0.6) is 0 Å². The van der Waals surface area contributed by atoms with Gasteiger partial charge >= 0.3 is 0 Å². The smallest absolute Gasteiger partial charge is 0.190 e. The molecule has 1 rings (SSSR count). The number of hydrogen-bond acceptors (Lipinski definition) is 4. The Labute approximate surface area is 152 Å². The van der Waals surface area contributed by atoms with Gasteiger partial charge < -0.3 is 20.1 Å². The van der Waals surface area contributed by atoms with Crippen LogP contribution in [0, 0.1) is 0 Å². The molecule has 7 heteroatoms. The summed E-state index contributed by atoms with van der Waals surface area (Å²) in [7, 11) is 3.53. The average molecular weight is 428 g/mol. The van der Waals surface area contributed by atoms with Gasteiger partial charge in [0.05, 0.1) is 12.2 Å². The van der Waals surface area contributed by atoms with Crippen LogP contribution in [-0.2, 0) is 9.47 Å². The molecule has 0 amide bonds. The number of halogens is 1. The zero-order valence-corrected chi connectivity index (χ0v) is 16.8. The Kier molecular flexibility index (Phi) is 13.3. The number of guanidine groups is 1. The summed E-state index contributed by atoms with van der Waals surface area (Å²) in [5, 5.41) is 6.63. The van der Waals surface area contributed by atoms with Gasteiger partial charge in [0, 0.05) is 53.5 Å². The maximum Gasteiger partial charge on any atom is 0.190 e. The Bertz CT molecular complexity index is 295. The molecule has 0 bridgehead atoms. The van der Waals surface area contributed by atoms with E-state index in [9.17, 15) is 0 Å². The minimum absolute atomic E-state index is 0. The molecule has 2 atom stereocenters. The van der Waals surface area contributed by atoms with E-state index in [0.29, 0.717) is 12.2 Å². The first kappa shape index (κ1) is 21.9. The number of morpholine rings is 1. The maximum atomic E-state index is 5.75. The Morgan fingerprint density at radius 2 is 1.77 bits per heavy atom. The highest BCUT2D eigenvalue weighted by molar-refractivity contribution is 14.0. The molecule has 0 radical (unpaired) electrons. The Morgan fingerprint density at radius 3 is 2.32 bits per heavy atom. The lowest BCUT2D eigenvalue weighted by molar-refractivity contribution is -0.0679. The minimum atomic E-state index is 0. The van der Waals surface area contributed by atoms with Crippen molar-refractivity contribution in [3.8, 4) is 0 Å². The third kappa shape index (κ3) is 9.81. The van der Waals surface area contributed by atoms with E-state index in [0.717, 1.165) is 58.1 Å². The van der Waals surface area contributed by atoms with Gasteiger partial charge in [-0.05, 0) is 26.7 Å². The van der Waals surface area contributed by atoms with Crippen molar-refractivity contribution in [3.05, 3.63) is 0 Å². The fourth-order valence-electron chi connectivity index (χ4n) is 2.62. The predicted octanol–water partition coefficient (Wildman–Crippen LogP) is 1.31. The lowest BCUT2D eigenvalue weighted by Crippen LogP contribution is -2.46. The summed E-state index contributed by atoms with van der Waals surface area (Å²) in [5.41, 5.74) is 0. The van der Waals surface area contributed by atoms with Crippen LogP contribution in [-0.4, -0.2) is 76.6 Å². The van der Waals surface area contributed by atoms with Crippen LogP contribution in [0.25, 0.3) is 0 Å². The van der Waals surface area contributed by atoms with Crippen LogP contribution in [0.2, 0.25) is 0 Å². The molecule has 0 aromatic heterocycles. The molecule has 1 aliphatic heterocycles. The van der Waals surface area contributed by atoms with Crippen LogP contribution < -0.4 is 10.6 Å². The summed E-state index contributed by atoms with van der Waals surface area (Å²) in [5.74, 6) is 0.870. The molecule has 1 aliphatic rings. The molecular formula is C15H33IN4O2. The van der Waals surface area contributed by atoms with Gasteiger partial charge in [-0.15, -0.1) is 24.0 Å². The van der Waals surface area contributed by atoms with Gasteiger partial charge in [-0.25, -0.2) is 0 Å². The zero-order chi connectivity index (χ0) is 15.5. The van der Waals surface area contributed by atoms with Crippen molar-refractivity contribution >= 4 is 29.9 Å². The van der Waals surface area contributed by atoms with Crippen molar-refractivity contribution in [2.24, 2.45) is 4.99 Å². The second kappa shape index (κ2) is 13.3. The minimum Gasteiger partial charge on any atom is -0.385 e. The lowest BCUT2D eigenvalue weighted by atomic mass is 10.2. The van der Waals surface area contributed by atoms with Crippen molar-refractivity contribution in [2.45, 2.75) is 38.9 Å². The van der Waals surface area contributed by atoms with E-state index in [1.807, 2.05) is 0 Å². The maximum absolute atomic E-state index is 5.75. The first-order chi connectivity index (χ1) is 10.2.